The van der Waals surface area contributed by atoms with Gasteiger partial charge in [-0.1, -0.05) is 0 Å². The number of halogens is 6. The van der Waals surface area contributed by atoms with Crippen LogP contribution in [0, 0.1) is 11.3 Å². The summed E-state index contributed by atoms with van der Waals surface area (Å²) in [6.45, 7) is 0.448. The van der Waals surface area contributed by atoms with Gasteiger partial charge in [0, 0.05) is 18.8 Å². The zero-order chi connectivity index (χ0) is 19.7. The lowest BCUT2D eigenvalue weighted by Gasteiger charge is -2.38. The number of nitrogens with zero attached hydrogens (tertiary/aromatic N) is 3. The molecular weight excluding hydrogens is 364 g/mol. The van der Waals surface area contributed by atoms with Crippen LogP contribution in [0.2, 0.25) is 0 Å². The van der Waals surface area contributed by atoms with Gasteiger partial charge in [-0.05, 0) is 31.5 Å². The van der Waals surface area contributed by atoms with Crippen LogP contribution >= 0.6 is 0 Å². The lowest BCUT2D eigenvalue weighted by Crippen LogP contribution is -2.53. The number of rotatable bonds is 4. The van der Waals surface area contributed by atoms with Crippen molar-refractivity contribution in [2.45, 2.75) is 31.7 Å². The van der Waals surface area contributed by atoms with Crippen LogP contribution in [-0.2, 0) is 11.0 Å². The molecule has 2 rings (SSSR count). The van der Waals surface area contributed by atoms with Crippen LogP contribution in [0.1, 0.15) is 24.5 Å². The third kappa shape index (κ3) is 4.39. The van der Waals surface area contributed by atoms with Crippen molar-refractivity contribution in [3.05, 3.63) is 29.3 Å². The molecule has 142 valence electrons. The lowest BCUT2D eigenvalue weighted by molar-refractivity contribution is -0.138. The second-order valence-corrected chi connectivity index (χ2v) is 5.94. The predicted molar refractivity (Wildman–Crippen MR) is 80.2 cm³/mol. The zero-order valence-corrected chi connectivity index (χ0v) is 13.7. The highest BCUT2D eigenvalue weighted by atomic mass is 19.4. The fourth-order valence-corrected chi connectivity index (χ4v) is 2.62. The summed E-state index contributed by atoms with van der Waals surface area (Å²) in [5.41, 5.74) is -2.46. The normalized spacial score (nSPS) is 15.8. The summed E-state index contributed by atoms with van der Waals surface area (Å²) < 4.78 is 78.2. The van der Waals surface area contributed by atoms with Crippen molar-refractivity contribution in [1.82, 2.24) is 4.90 Å². The van der Waals surface area contributed by atoms with Crippen molar-refractivity contribution in [2.24, 2.45) is 0 Å². The number of carbonyl (C=O) groups is 1. The van der Waals surface area contributed by atoms with Crippen LogP contribution in [0.25, 0.3) is 0 Å². The van der Waals surface area contributed by atoms with Gasteiger partial charge in [-0.25, -0.2) is 0 Å². The molecule has 0 N–H and O–H groups in total. The second-order valence-electron chi connectivity index (χ2n) is 5.94. The molecule has 1 unspecified atom stereocenters. The first-order valence-electron chi connectivity index (χ1n) is 7.67. The molecule has 4 nitrogen and oxygen atoms in total. The van der Waals surface area contributed by atoms with Crippen molar-refractivity contribution >= 4 is 11.6 Å². The molecule has 1 saturated heterocycles. The molecule has 0 saturated carbocycles. The highest BCUT2D eigenvalue weighted by molar-refractivity contribution is 5.85. The van der Waals surface area contributed by atoms with Gasteiger partial charge in [-0.2, -0.15) is 31.6 Å². The Labute approximate surface area is 145 Å². The number of alkyl halides is 6. The van der Waals surface area contributed by atoms with E-state index in [1.54, 1.807) is 0 Å². The Morgan fingerprint density at radius 2 is 1.88 bits per heavy atom. The van der Waals surface area contributed by atoms with E-state index in [2.05, 4.69) is 0 Å². The van der Waals surface area contributed by atoms with Gasteiger partial charge in [-0.15, -0.1) is 0 Å². The molecule has 10 heteroatoms. The summed E-state index contributed by atoms with van der Waals surface area (Å²) in [5.74, 6) is -0.585. The molecule has 0 aromatic heterocycles. The predicted octanol–water partition coefficient (Wildman–Crippen LogP) is 3.57. The first kappa shape index (κ1) is 19.9. The second kappa shape index (κ2) is 7.05. The molecule has 0 radical (unpaired) electrons. The van der Waals surface area contributed by atoms with E-state index < -0.39 is 47.7 Å². The van der Waals surface area contributed by atoms with Crippen LogP contribution in [0.15, 0.2) is 18.2 Å². The number of amides is 1. The molecule has 1 aromatic carbocycles. The number of hydrogen-bond acceptors (Lipinski definition) is 3. The number of anilines is 1. The van der Waals surface area contributed by atoms with Crippen molar-refractivity contribution < 1.29 is 31.1 Å². The van der Waals surface area contributed by atoms with Gasteiger partial charge in [0.2, 0.25) is 5.91 Å². The molecule has 1 amide bonds. The molecule has 0 spiro atoms. The van der Waals surface area contributed by atoms with Crippen molar-refractivity contribution in [1.29, 1.82) is 5.26 Å². The Kier molecular flexibility index (Phi) is 5.39. The molecule has 1 aromatic rings. The number of carbonyl (C=O) groups excluding carboxylic acids is 1. The Morgan fingerprint density at radius 1 is 1.27 bits per heavy atom. The first-order chi connectivity index (χ1) is 11.9. The van der Waals surface area contributed by atoms with E-state index in [-0.39, 0.29) is 0 Å². The topological polar surface area (TPSA) is 47.3 Å². The van der Waals surface area contributed by atoms with Gasteiger partial charge < -0.3 is 9.80 Å². The summed E-state index contributed by atoms with van der Waals surface area (Å²) in [6.07, 6.45) is -8.90. The summed E-state index contributed by atoms with van der Waals surface area (Å²) in [7, 11) is 0. The smallest absolute Gasteiger partial charge is 0.351 e. The first-order valence-corrected chi connectivity index (χ1v) is 7.67. The molecule has 1 aliphatic heterocycles. The molecule has 1 atom stereocenters. The van der Waals surface area contributed by atoms with Crippen LogP contribution in [0.3, 0.4) is 0 Å². The molecular formula is C16H15F6N3O. The van der Waals surface area contributed by atoms with Crippen LogP contribution in [-0.4, -0.2) is 42.7 Å². The quantitative estimate of drug-likeness (QED) is 0.752. The van der Waals surface area contributed by atoms with Gasteiger partial charge >= 0.3 is 12.4 Å². The largest absolute Gasteiger partial charge is 0.417 e. The monoisotopic (exact) mass is 379 g/mol. The SMILES string of the molecule is CC(C(=O)N1CCC1)N(CC(F)(F)F)c1ccc(C#N)c(C(F)(F)F)c1. The van der Waals surface area contributed by atoms with Gasteiger partial charge in [-0.3, -0.25) is 4.79 Å². The maximum atomic E-state index is 13.1. The third-order valence-corrected chi connectivity index (χ3v) is 4.10. The van der Waals surface area contributed by atoms with E-state index in [1.165, 1.54) is 17.9 Å². The zero-order valence-electron chi connectivity index (χ0n) is 13.7. The minimum Gasteiger partial charge on any atom is -0.351 e. The number of nitriles is 1. The van der Waals surface area contributed by atoms with Gasteiger partial charge in [0.15, 0.2) is 0 Å². The third-order valence-electron chi connectivity index (χ3n) is 4.10. The van der Waals surface area contributed by atoms with Crippen LogP contribution < -0.4 is 4.90 Å². The molecule has 1 aliphatic rings. The molecule has 26 heavy (non-hydrogen) atoms. The Hall–Kier alpha value is -2.44. The van der Waals surface area contributed by atoms with Gasteiger partial charge in [0.1, 0.15) is 12.6 Å². The Bertz CT molecular complexity index is 718. The molecule has 1 heterocycles. The van der Waals surface area contributed by atoms with Crippen molar-refractivity contribution in [3.63, 3.8) is 0 Å². The maximum Gasteiger partial charge on any atom is 0.417 e. The average molecular weight is 379 g/mol. The number of hydrogen-bond donors (Lipinski definition) is 0. The number of benzene rings is 1. The van der Waals surface area contributed by atoms with Crippen LogP contribution in [0.4, 0.5) is 32.0 Å². The molecule has 0 aliphatic carbocycles. The minimum absolute atomic E-state index is 0.407. The van der Waals surface area contributed by atoms with E-state index in [0.29, 0.717) is 24.1 Å². The Morgan fingerprint density at radius 3 is 2.31 bits per heavy atom. The summed E-state index contributed by atoms with van der Waals surface area (Å²) >= 11 is 0. The highest BCUT2D eigenvalue weighted by Gasteiger charge is 2.39. The van der Waals surface area contributed by atoms with E-state index in [9.17, 15) is 31.1 Å². The van der Waals surface area contributed by atoms with Gasteiger partial charge in [0.05, 0.1) is 17.2 Å². The van der Waals surface area contributed by atoms with Crippen molar-refractivity contribution in [3.8, 4) is 6.07 Å². The molecule has 0 bridgehead atoms. The van der Waals surface area contributed by atoms with E-state index in [1.807, 2.05) is 0 Å². The standard InChI is InChI=1S/C16H15F6N3O/c1-10(14(26)24-5-2-6-24)25(9-15(17,18)19)12-4-3-11(8-23)13(7-12)16(20,21)22/h3-4,7,10H,2,5-6,9H2,1H3. The lowest BCUT2D eigenvalue weighted by atomic mass is 10.0. The van der Waals surface area contributed by atoms with Crippen LogP contribution in [0.5, 0.6) is 0 Å². The summed E-state index contributed by atoms with van der Waals surface area (Å²) in [4.78, 5) is 14.2. The average Bonchev–Trinajstić information content (AvgIpc) is 2.48. The van der Waals surface area contributed by atoms with E-state index in [0.717, 1.165) is 18.6 Å². The van der Waals surface area contributed by atoms with E-state index in [4.69, 9.17) is 5.26 Å². The summed E-state index contributed by atoms with van der Waals surface area (Å²) in [6, 6.07) is 2.34. The minimum atomic E-state index is -4.91. The number of likely N-dealkylation sites (tertiary alicyclic amines) is 1. The van der Waals surface area contributed by atoms with Gasteiger partial charge in [0.25, 0.3) is 0 Å². The fraction of sp³-hybridized carbons (Fsp3) is 0.500. The molecule has 1 fully saturated rings. The Balaban J connectivity index is 2.45. The fourth-order valence-electron chi connectivity index (χ4n) is 2.62. The summed E-state index contributed by atoms with van der Waals surface area (Å²) in [5, 5.41) is 8.80. The van der Waals surface area contributed by atoms with Crippen molar-refractivity contribution in [2.75, 3.05) is 24.5 Å². The van der Waals surface area contributed by atoms with E-state index >= 15 is 0 Å². The highest BCUT2D eigenvalue weighted by Crippen LogP contribution is 2.35. The maximum absolute atomic E-state index is 13.1.